The highest BCUT2D eigenvalue weighted by Gasteiger charge is 2.16. The highest BCUT2D eigenvalue weighted by molar-refractivity contribution is 5.93. The van der Waals surface area contributed by atoms with Gasteiger partial charge in [0, 0.05) is 18.7 Å². The third kappa shape index (κ3) is 3.28. The second-order valence-corrected chi connectivity index (χ2v) is 5.06. The van der Waals surface area contributed by atoms with Crippen LogP contribution in [0.1, 0.15) is 23.0 Å². The number of carbonyl (C=O) groups excluding carboxylic acids is 1. The Balaban J connectivity index is 2.30. The van der Waals surface area contributed by atoms with Crippen LogP contribution in [0.5, 0.6) is 0 Å². The number of halogens is 1. The van der Waals surface area contributed by atoms with Gasteiger partial charge in [-0.1, -0.05) is 0 Å². The van der Waals surface area contributed by atoms with Crippen molar-refractivity contribution in [3.8, 4) is 11.3 Å². The SMILES string of the molecule is Cc1cc(-c2cc(C(=O)N[C@@H](C)CO)nn2C)ccc1F. The summed E-state index contributed by atoms with van der Waals surface area (Å²) in [5, 5.41) is 15.7. The molecule has 1 atom stereocenters. The van der Waals surface area contributed by atoms with E-state index in [-0.39, 0.29) is 30.1 Å². The van der Waals surface area contributed by atoms with Gasteiger partial charge in [0.15, 0.2) is 5.69 Å². The molecule has 2 N–H and O–H groups in total. The number of aliphatic hydroxyl groups is 1. The first kappa shape index (κ1) is 15.2. The van der Waals surface area contributed by atoms with Crippen LogP contribution in [0, 0.1) is 12.7 Å². The fraction of sp³-hybridized carbons (Fsp3) is 0.333. The second kappa shape index (κ2) is 6.05. The summed E-state index contributed by atoms with van der Waals surface area (Å²) in [5.41, 5.74) is 2.31. The van der Waals surface area contributed by atoms with E-state index in [0.29, 0.717) is 5.56 Å². The highest BCUT2D eigenvalue weighted by Crippen LogP contribution is 2.22. The second-order valence-electron chi connectivity index (χ2n) is 5.06. The van der Waals surface area contributed by atoms with Crippen LogP contribution in [0.4, 0.5) is 4.39 Å². The van der Waals surface area contributed by atoms with E-state index in [1.165, 1.54) is 6.07 Å². The molecule has 0 unspecified atom stereocenters. The van der Waals surface area contributed by atoms with Crippen molar-refractivity contribution < 1.29 is 14.3 Å². The lowest BCUT2D eigenvalue weighted by molar-refractivity contribution is 0.0916. The molecular weight excluding hydrogens is 273 g/mol. The molecule has 0 spiro atoms. The van der Waals surface area contributed by atoms with Crippen molar-refractivity contribution in [1.82, 2.24) is 15.1 Å². The number of hydrogen-bond donors (Lipinski definition) is 2. The molecule has 0 aliphatic carbocycles. The van der Waals surface area contributed by atoms with Gasteiger partial charge in [-0.25, -0.2) is 4.39 Å². The van der Waals surface area contributed by atoms with Gasteiger partial charge in [-0.3, -0.25) is 9.48 Å². The van der Waals surface area contributed by atoms with Crippen molar-refractivity contribution in [2.45, 2.75) is 19.9 Å². The molecule has 0 fully saturated rings. The summed E-state index contributed by atoms with van der Waals surface area (Å²) in [6.45, 7) is 3.25. The van der Waals surface area contributed by atoms with Crippen molar-refractivity contribution in [3.05, 3.63) is 41.3 Å². The van der Waals surface area contributed by atoms with Gasteiger partial charge < -0.3 is 10.4 Å². The summed E-state index contributed by atoms with van der Waals surface area (Å²) in [6.07, 6.45) is 0. The molecule has 0 saturated carbocycles. The maximum absolute atomic E-state index is 13.3. The molecule has 6 heteroatoms. The molecule has 0 saturated heterocycles. The van der Waals surface area contributed by atoms with Gasteiger partial charge in [0.25, 0.3) is 5.91 Å². The number of aliphatic hydroxyl groups excluding tert-OH is 1. The average Bonchev–Trinajstić information content (AvgIpc) is 2.84. The third-order valence-corrected chi connectivity index (χ3v) is 3.22. The maximum Gasteiger partial charge on any atom is 0.272 e. The number of nitrogens with one attached hydrogen (secondary N) is 1. The van der Waals surface area contributed by atoms with Crippen LogP contribution < -0.4 is 5.32 Å². The summed E-state index contributed by atoms with van der Waals surface area (Å²) in [6, 6.07) is 6.06. The number of hydrogen-bond acceptors (Lipinski definition) is 3. The Morgan fingerprint density at radius 2 is 2.19 bits per heavy atom. The van der Waals surface area contributed by atoms with Gasteiger partial charge in [0.2, 0.25) is 0 Å². The lowest BCUT2D eigenvalue weighted by atomic mass is 10.1. The van der Waals surface area contributed by atoms with Crippen LogP contribution in [-0.4, -0.2) is 33.4 Å². The zero-order chi connectivity index (χ0) is 15.6. The fourth-order valence-corrected chi connectivity index (χ4v) is 2.00. The van der Waals surface area contributed by atoms with Crippen molar-refractivity contribution in [1.29, 1.82) is 0 Å². The monoisotopic (exact) mass is 291 g/mol. The van der Waals surface area contributed by atoms with E-state index in [1.807, 2.05) is 0 Å². The number of rotatable bonds is 4. The van der Waals surface area contributed by atoms with E-state index in [9.17, 15) is 9.18 Å². The number of aryl methyl sites for hydroxylation is 2. The number of aromatic nitrogens is 2. The Morgan fingerprint density at radius 1 is 1.48 bits per heavy atom. The first-order valence-corrected chi connectivity index (χ1v) is 6.64. The topological polar surface area (TPSA) is 67.2 Å². The summed E-state index contributed by atoms with van der Waals surface area (Å²) < 4.78 is 14.9. The van der Waals surface area contributed by atoms with E-state index in [1.54, 1.807) is 43.8 Å². The number of carbonyl (C=O) groups is 1. The number of nitrogens with zero attached hydrogens (tertiary/aromatic N) is 2. The van der Waals surface area contributed by atoms with Crippen LogP contribution in [-0.2, 0) is 7.05 Å². The molecule has 5 nitrogen and oxygen atoms in total. The lowest BCUT2D eigenvalue weighted by Crippen LogP contribution is -2.35. The Morgan fingerprint density at radius 3 is 2.81 bits per heavy atom. The summed E-state index contributed by atoms with van der Waals surface area (Å²) >= 11 is 0. The van der Waals surface area contributed by atoms with E-state index in [0.717, 1.165) is 11.3 Å². The molecule has 1 amide bonds. The molecule has 0 aliphatic heterocycles. The molecule has 2 rings (SSSR count). The zero-order valence-corrected chi connectivity index (χ0v) is 12.2. The zero-order valence-electron chi connectivity index (χ0n) is 12.2. The number of benzene rings is 1. The molecule has 1 aromatic carbocycles. The van der Waals surface area contributed by atoms with Crippen LogP contribution in [0.3, 0.4) is 0 Å². The fourth-order valence-electron chi connectivity index (χ4n) is 2.00. The van der Waals surface area contributed by atoms with Crippen molar-refractivity contribution in [2.75, 3.05) is 6.61 Å². The van der Waals surface area contributed by atoms with E-state index in [2.05, 4.69) is 10.4 Å². The van der Waals surface area contributed by atoms with Crippen LogP contribution in [0.15, 0.2) is 24.3 Å². The largest absolute Gasteiger partial charge is 0.394 e. The quantitative estimate of drug-likeness (QED) is 0.900. The third-order valence-electron chi connectivity index (χ3n) is 3.22. The predicted octanol–water partition coefficient (Wildman–Crippen LogP) is 1.65. The van der Waals surface area contributed by atoms with Crippen molar-refractivity contribution >= 4 is 5.91 Å². The Bertz CT molecular complexity index is 667. The maximum atomic E-state index is 13.3. The van der Waals surface area contributed by atoms with E-state index in [4.69, 9.17) is 5.11 Å². The molecular formula is C15H18FN3O2. The minimum absolute atomic E-state index is 0.136. The van der Waals surface area contributed by atoms with Crippen LogP contribution in [0.2, 0.25) is 0 Å². The Kier molecular flexibility index (Phi) is 4.37. The molecule has 21 heavy (non-hydrogen) atoms. The van der Waals surface area contributed by atoms with Gasteiger partial charge in [0.05, 0.1) is 12.3 Å². The predicted molar refractivity (Wildman–Crippen MR) is 77.4 cm³/mol. The molecule has 0 aliphatic rings. The average molecular weight is 291 g/mol. The van der Waals surface area contributed by atoms with Gasteiger partial charge in [-0.05, 0) is 43.7 Å². The van der Waals surface area contributed by atoms with E-state index >= 15 is 0 Å². The highest BCUT2D eigenvalue weighted by atomic mass is 19.1. The molecule has 1 heterocycles. The smallest absolute Gasteiger partial charge is 0.272 e. The Labute approximate surface area is 122 Å². The van der Waals surface area contributed by atoms with E-state index < -0.39 is 0 Å². The van der Waals surface area contributed by atoms with Gasteiger partial charge in [-0.2, -0.15) is 5.10 Å². The molecule has 2 aromatic rings. The standard InChI is InChI=1S/C15H18FN3O2/c1-9-6-11(4-5-12(9)16)14-7-13(18-19(14)3)15(21)17-10(2)8-20/h4-7,10,20H,8H2,1-3H3,(H,17,21)/t10-/m0/s1. The Hall–Kier alpha value is -2.21. The van der Waals surface area contributed by atoms with Crippen molar-refractivity contribution in [3.63, 3.8) is 0 Å². The first-order valence-electron chi connectivity index (χ1n) is 6.64. The van der Waals surface area contributed by atoms with Gasteiger partial charge in [0.1, 0.15) is 5.82 Å². The normalized spacial score (nSPS) is 12.2. The molecule has 0 bridgehead atoms. The first-order chi connectivity index (χ1) is 9.92. The number of amides is 1. The minimum atomic E-state index is -0.350. The summed E-state index contributed by atoms with van der Waals surface area (Å²) in [4.78, 5) is 12.0. The van der Waals surface area contributed by atoms with Gasteiger partial charge in [-0.15, -0.1) is 0 Å². The van der Waals surface area contributed by atoms with Crippen molar-refractivity contribution in [2.24, 2.45) is 7.05 Å². The van der Waals surface area contributed by atoms with Gasteiger partial charge >= 0.3 is 0 Å². The summed E-state index contributed by atoms with van der Waals surface area (Å²) in [7, 11) is 1.72. The lowest BCUT2D eigenvalue weighted by Gasteiger charge is -2.08. The molecule has 1 aromatic heterocycles. The van der Waals surface area contributed by atoms with Crippen LogP contribution in [0.25, 0.3) is 11.3 Å². The minimum Gasteiger partial charge on any atom is -0.394 e. The summed E-state index contributed by atoms with van der Waals surface area (Å²) in [5.74, 6) is -0.618. The molecule has 112 valence electrons. The van der Waals surface area contributed by atoms with Crippen LogP contribution >= 0.6 is 0 Å². The molecule has 0 radical (unpaired) electrons.